The zero-order valence-corrected chi connectivity index (χ0v) is 18.2. The number of aliphatic carboxylic acids is 1. The molecule has 0 saturated carbocycles. The van der Waals surface area contributed by atoms with Crippen molar-refractivity contribution in [3.8, 4) is 22.6 Å². The van der Waals surface area contributed by atoms with E-state index in [0.29, 0.717) is 29.7 Å². The zero-order valence-electron chi connectivity index (χ0n) is 16.7. The lowest BCUT2D eigenvalue weighted by atomic mass is 10.1. The monoisotopic (exact) mass is 455 g/mol. The van der Waals surface area contributed by atoms with E-state index in [0.717, 1.165) is 22.4 Å². The SMILES string of the molecule is O=C(O)C1CSC(c2cc(Cl)ccc2OCCOc2ccc(-c3ccccc3)cc2)N1. The molecule has 1 saturated heterocycles. The van der Waals surface area contributed by atoms with Crippen LogP contribution in [-0.4, -0.2) is 36.1 Å². The summed E-state index contributed by atoms with van der Waals surface area (Å²) in [5.41, 5.74) is 3.14. The van der Waals surface area contributed by atoms with E-state index in [9.17, 15) is 9.90 Å². The van der Waals surface area contributed by atoms with Crippen LogP contribution >= 0.6 is 23.4 Å². The highest BCUT2D eigenvalue weighted by Crippen LogP contribution is 2.39. The molecule has 31 heavy (non-hydrogen) atoms. The molecule has 2 unspecified atom stereocenters. The highest BCUT2D eigenvalue weighted by Gasteiger charge is 2.32. The molecule has 3 aromatic rings. The molecule has 2 N–H and O–H groups in total. The van der Waals surface area contributed by atoms with Gasteiger partial charge in [-0.2, -0.15) is 0 Å². The molecule has 4 rings (SSSR count). The van der Waals surface area contributed by atoms with Crippen LogP contribution in [0.5, 0.6) is 11.5 Å². The van der Waals surface area contributed by atoms with Gasteiger partial charge in [0.05, 0.1) is 5.37 Å². The number of carboxylic acids is 1. The fourth-order valence-corrected chi connectivity index (χ4v) is 4.76. The first-order chi connectivity index (χ1) is 15.1. The summed E-state index contributed by atoms with van der Waals surface area (Å²) in [5.74, 6) is 1.08. The van der Waals surface area contributed by atoms with Crippen molar-refractivity contribution >= 4 is 29.3 Å². The van der Waals surface area contributed by atoms with Gasteiger partial charge >= 0.3 is 5.97 Å². The number of hydrogen-bond donors (Lipinski definition) is 2. The lowest BCUT2D eigenvalue weighted by molar-refractivity contribution is -0.138. The van der Waals surface area contributed by atoms with E-state index in [2.05, 4.69) is 17.4 Å². The van der Waals surface area contributed by atoms with Gasteiger partial charge in [0.15, 0.2) is 0 Å². The van der Waals surface area contributed by atoms with Crippen molar-refractivity contribution < 1.29 is 19.4 Å². The van der Waals surface area contributed by atoms with Crippen molar-refractivity contribution in [3.05, 3.63) is 83.4 Å². The van der Waals surface area contributed by atoms with Crippen molar-refractivity contribution in [1.82, 2.24) is 5.32 Å². The standard InChI is InChI=1S/C24H22ClNO4S/c25-18-8-11-22(20(14-18)23-26-21(15-31-23)24(27)28)30-13-12-29-19-9-6-17(7-10-19)16-4-2-1-3-5-16/h1-11,14,21,23,26H,12-13,15H2,(H,27,28). The van der Waals surface area contributed by atoms with Gasteiger partial charge in [-0.3, -0.25) is 10.1 Å². The number of carbonyl (C=O) groups is 1. The minimum Gasteiger partial charge on any atom is -0.490 e. The molecule has 5 nitrogen and oxygen atoms in total. The largest absolute Gasteiger partial charge is 0.490 e. The summed E-state index contributed by atoms with van der Waals surface area (Å²) in [6.07, 6.45) is 0. The quantitative estimate of drug-likeness (QED) is 0.452. The van der Waals surface area contributed by atoms with E-state index in [4.69, 9.17) is 21.1 Å². The van der Waals surface area contributed by atoms with Crippen LogP contribution in [-0.2, 0) is 4.79 Å². The maximum absolute atomic E-state index is 11.2. The third-order valence-corrected chi connectivity index (χ3v) is 6.39. The summed E-state index contributed by atoms with van der Waals surface area (Å²) in [6, 6.07) is 22.9. The maximum Gasteiger partial charge on any atom is 0.321 e. The molecular weight excluding hydrogens is 434 g/mol. The van der Waals surface area contributed by atoms with Crippen molar-refractivity contribution in [3.63, 3.8) is 0 Å². The molecule has 0 radical (unpaired) electrons. The van der Waals surface area contributed by atoms with Crippen LogP contribution in [0.1, 0.15) is 10.9 Å². The minimum absolute atomic E-state index is 0.179. The first kappa shape index (κ1) is 21.6. The highest BCUT2D eigenvalue weighted by atomic mass is 35.5. The smallest absolute Gasteiger partial charge is 0.321 e. The summed E-state index contributed by atoms with van der Waals surface area (Å²) in [6.45, 7) is 0.741. The number of halogens is 1. The minimum atomic E-state index is -0.855. The van der Waals surface area contributed by atoms with Gasteiger partial charge in [0.2, 0.25) is 0 Å². The number of thioether (sulfide) groups is 1. The highest BCUT2D eigenvalue weighted by molar-refractivity contribution is 7.99. The van der Waals surface area contributed by atoms with Gasteiger partial charge in [-0.15, -0.1) is 11.8 Å². The van der Waals surface area contributed by atoms with E-state index in [1.54, 1.807) is 6.07 Å². The Morgan fingerprint density at radius 3 is 2.42 bits per heavy atom. The van der Waals surface area contributed by atoms with E-state index < -0.39 is 12.0 Å². The summed E-state index contributed by atoms with van der Waals surface area (Å²) in [5, 5.41) is 12.7. The van der Waals surface area contributed by atoms with E-state index >= 15 is 0 Å². The number of ether oxygens (including phenoxy) is 2. The number of rotatable bonds is 8. The molecule has 0 spiro atoms. The molecule has 1 fully saturated rings. The third-order valence-electron chi connectivity index (χ3n) is 4.91. The summed E-state index contributed by atoms with van der Waals surface area (Å²) in [7, 11) is 0. The Hall–Kier alpha value is -2.67. The molecule has 160 valence electrons. The fourth-order valence-electron chi connectivity index (χ4n) is 3.33. The second-order valence-electron chi connectivity index (χ2n) is 7.04. The molecule has 3 aromatic carbocycles. The Morgan fingerprint density at radius 2 is 1.71 bits per heavy atom. The second-order valence-corrected chi connectivity index (χ2v) is 8.61. The van der Waals surface area contributed by atoms with Crippen molar-refractivity contribution in [2.24, 2.45) is 0 Å². The van der Waals surface area contributed by atoms with Crippen molar-refractivity contribution in [2.45, 2.75) is 11.4 Å². The van der Waals surface area contributed by atoms with E-state index in [1.807, 2.05) is 54.6 Å². The van der Waals surface area contributed by atoms with Gasteiger partial charge in [-0.05, 0) is 41.5 Å². The van der Waals surface area contributed by atoms with Crippen LogP contribution in [0.15, 0.2) is 72.8 Å². The predicted molar refractivity (Wildman–Crippen MR) is 124 cm³/mol. The first-order valence-corrected chi connectivity index (χ1v) is 11.3. The Balaban J connectivity index is 1.32. The van der Waals surface area contributed by atoms with Crippen LogP contribution in [0, 0.1) is 0 Å². The lowest BCUT2D eigenvalue weighted by Crippen LogP contribution is -2.33. The molecule has 2 atom stereocenters. The van der Waals surface area contributed by atoms with Gasteiger partial charge < -0.3 is 14.6 Å². The molecule has 0 aliphatic carbocycles. The Kier molecular flexibility index (Phi) is 7.02. The zero-order chi connectivity index (χ0) is 21.6. The topological polar surface area (TPSA) is 67.8 Å². The van der Waals surface area contributed by atoms with E-state index in [1.165, 1.54) is 11.8 Å². The van der Waals surface area contributed by atoms with Gasteiger partial charge in [0.25, 0.3) is 0 Å². The number of carboxylic acid groups (broad SMARTS) is 1. The first-order valence-electron chi connectivity index (χ1n) is 9.91. The summed E-state index contributed by atoms with van der Waals surface area (Å²) in [4.78, 5) is 11.2. The van der Waals surface area contributed by atoms with Gasteiger partial charge in [0.1, 0.15) is 30.8 Å². The predicted octanol–water partition coefficient (Wildman–Crippen LogP) is 5.25. The normalized spacial score (nSPS) is 18.0. The van der Waals surface area contributed by atoms with Crippen LogP contribution in [0.25, 0.3) is 11.1 Å². The van der Waals surface area contributed by atoms with Gasteiger partial charge in [-0.1, -0.05) is 54.1 Å². The van der Waals surface area contributed by atoms with Crippen LogP contribution in [0.2, 0.25) is 5.02 Å². The van der Waals surface area contributed by atoms with Crippen LogP contribution in [0.4, 0.5) is 0 Å². The van der Waals surface area contributed by atoms with Gasteiger partial charge in [0, 0.05) is 16.3 Å². The molecule has 0 amide bonds. The lowest BCUT2D eigenvalue weighted by Gasteiger charge is -2.17. The Labute approximate surface area is 190 Å². The fraction of sp³-hybridized carbons (Fsp3) is 0.208. The Morgan fingerprint density at radius 1 is 1.00 bits per heavy atom. The molecule has 7 heteroatoms. The number of nitrogens with one attached hydrogen (secondary N) is 1. The van der Waals surface area contributed by atoms with Gasteiger partial charge in [-0.25, -0.2) is 0 Å². The summed E-state index contributed by atoms with van der Waals surface area (Å²) < 4.78 is 11.7. The third kappa shape index (κ3) is 5.53. The number of benzene rings is 3. The molecule has 1 aliphatic heterocycles. The van der Waals surface area contributed by atoms with E-state index in [-0.39, 0.29) is 5.37 Å². The second kappa shape index (κ2) is 10.1. The van der Waals surface area contributed by atoms with Crippen LogP contribution in [0.3, 0.4) is 0 Å². The molecule has 1 heterocycles. The molecule has 1 aliphatic rings. The summed E-state index contributed by atoms with van der Waals surface area (Å²) >= 11 is 7.69. The van der Waals surface area contributed by atoms with Crippen LogP contribution < -0.4 is 14.8 Å². The Bertz CT molecular complexity index is 1030. The average Bonchev–Trinajstić information content (AvgIpc) is 3.29. The van der Waals surface area contributed by atoms with Crippen molar-refractivity contribution in [2.75, 3.05) is 19.0 Å². The maximum atomic E-state index is 11.2. The molecular formula is C24H22ClNO4S. The molecule has 0 aromatic heterocycles. The van der Waals surface area contributed by atoms with Crippen molar-refractivity contribution in [1.29, 1.82) is 0 Å². The average molecular weight is 456 g/mol. The molecule has 0 bridgehead atoms. The number of hydrogen-bond acceptors (Lipinski definition) is 5.